The summed E-state index contributed by atoms with van der Waals surface area (Å²) in [5.41, 5.74) is 0. The quantitative estimate of drug-likeness (QED) is 0.622. The van der Waals surface area contributed by atoms with Gasteiger partial charge in [0.15, 0.2) is 6.04 Å². The molecule has 2 rings (SSSR count). The van der Waals surface area contributed by atoms with E-state index in [9.17, 15) is 9.59 Å². The van der Waals surface area contributed by atoms with Crippen molar-refractivity contribution in [3.8, 4) is 0 Å². The number of amides is 1. The van der Waals surface area contributed by atoms with Crippen molar-refractivity contribution in [1.29, 1.82) is 0 Å². The number of carbonyl (C=O) groups excluding carboxylic acids is 2. The molecule has 1 amide bonds. The molecule has 1 atom stereocenters. The molecule has 1 aliphatic rings. The molecular weight excluding hydrogens is 240 g/mol. The van der Waals surface area contributed by atoms with Crippen LogP contribution in [-0.4, -0.2) is 64.5 Å². The molecule has 0 radical (unpaired) electrons. The summed E-state index contributed by atoms with van der Waals surface area (Å²) in [5, 5.41) is 3.85. The van der Waals surface area contributed by atoms with Gasteiger partial charge in [-0.25, -0.2) is 14.5 Å². The Hall–Kier alpha value is -1.96. The average Bonchev–Trinajstić information content (AvgIpc) is 2.90. The Labute approximate surface area is 103 Å². The normalized spacial score (nSPS) is 19.6. The van der Waals surface area contributed by atoms with Crippen molar-refractivity contribution in [2.24, 2.45) is 0 Å². The molecule has 0 spiro atoms. The Morgan fingerprint density at radius 1 is 1.56 bits per heavy atom. The van der Waals surface area contributed by atoms with Crippen molar-refractivity contribution in [3.05, 3.63) is 12.7 Å². The zero-order chi connectivity index (χ0) is 13.0. The molecule has 0 aromatic carbocycles. The molecule has 1 aromatic heterocycles. The van der Waals surface area contributed by atoms with E-state index in [1.165, 1.54) is 29.3 Å². The van der Waals surface area contributed by atoms with Gasteiger partial charge in [0, 0.05) is 6.54 Å². The zero-order valence-electron chi connectivity index (χ0n) is 9.98. The minimum Gasteiger partial charge on any atom is -0.467 e. The summed E-state index contributed by atoms with van der Waals surface area (Å²) in [5.74, 6) is -0.680. The molecule has 0 aliphatic carbocycles. The maximum atomic E-state index is 12.1. The number of methoxy groups -OCH3 is 1. The lowest BCUT2D eigenvalue weighted by Gasteiger charge is -2.33. The fourth-order valence-electron chi connectivity index (χ4n) is 1.78. The van der Waals surface area contributed by atoms with Crippen molar-refractivity contribution in [2.45, 2.75) is 12.6 Å². The average molecular weight is 254 g/mol. The number of morpholine rings is 1. The standard InChI is InChI=1S/C10H14N4O4/c1-17-10(16)8-5-18-3-2-14(8)9(15)4-13-7-11-6-12-13/h6-8H,2-5H2,1H3. The van der Waals surface area contributed by atoms with E-state index in [0.29, 0.717) is 13.2 Å². The van der Waals surface area contributed by atoms with Gasteiger partial charge < -0.3 is 14.4 Å². The fourth-order valence-corrected chi connectivity index (χ4v) is 1.78. The fraction of sp³-hybridized carbons (Fsp3) is 0.600. The van der Waals surface area contributed by atoms with Crippen LogP contribution in [0.2, 0.25) is 0 Å². The summed E-state index contributed by atoms with van der Waals surface area (Å²) < 4.78 is 11.3. The van der Waals surface area contributed by atoms with Crippen molar-refractivity contribution < 1.29 is 19.1 Å². The topological polar surface area (TPSA) is 86.5 Å². The van der Waals surface area contributed by atoms with E-state index in [0.717, 1.165) is 0 Å². The van der Waals surface area contributed by atoms with Crippen molar-refractivity contribution in [2.75, 3.05) is 26.9 Å². The van der Waals surface area contributed by atoms with Gasteiger partial charge in [-0.05, 0) is 0 Å². The summed E-state index contributed by atoms with van der Waals surface area (Å²) in [6, 6.07) is -0.681. The van der Waals surface area contributed by atoms with E-state index in [-0.39, 0.29) is 19.1 Å². The lowest BCUT2D eigenvalue weighted by atomic mass is 10.2. The molecule has 1 saturated heterocycles. The SMILES string of the molecule is COC(=O)C1COCCN1C(=O)Cn1cncn1. The van der Waals surface area contributed by atoms with Gasteiger partial charge in [0.2, 0.25) is 5.91 Å². The first-order chi connectivity index (χ1) is 8.72. The number of esters is 1. The highest BCUT2D eigenvalue weighted by Gasteiger charge is 2.33. The van der Waals surface area contributed by atoms with Crippen LogP contribution in [0, 0.1) is 0 Å². The third kappa shape index (κ3) is 2.65. The molecule has 0 bridgehead atoms. The number of rotatable bonds is 3. The van der Waals surface area contributed by atoms with E-state index in [1.807, 2.05) is 0 Å². The van der Waals surface area contributed by atoms with E-state index in [2.05, 4.69) is 14.8 Å². The summed E-state index contributed by atoms with van der Waals surface area (Å²) in [6.45, 7) is 0.993. The molecule has 98 valence electrons. The minimum absolute atomic E-state index is 0.0491. The summed E-state index contributed by atoms with van der Waals surface area (Å²) in [7, 11) is 1.29. The first-order valence-corrected chi connectivity index (χ1v) is 5.50. The summed E-state index contributed by atoms with van der Waals surface area (Å²) in [6.07, 6.45) is 2.80. The molecule has 8 heteroatoms. The zero-order valence-corrected chi connectivity index (χ0v) is 9.98. The highest BCUT2D eigenvalue weighted by molar-refractivity contribution is 5.84. The maximum absolute atomic E-state index is 12.1. The molecule has 0 saturated carbocycles. The number of aromatic nitrogens is 3. The summed E-state index contributed by atoms with van der Waals surface area (Å²) in [4.78, 5) is 28.8. The number of hydrogen-bond donors (Lipinski definition) is 0. The monoisotopic (exact) mass is 254 g/mol. The number of nitrogens with zero attached hydrogens (tertiary/aromatic N) is 4. The maximum Gasteiger partial charge on any atom is 0.331 e. The number of hydrogen-bond acceptors (Lipinski definition) is 6. The van der Waals surface area contributed by atoms with Gasteiger partial charge in [0.05, 0.1) is 20.3 Å². The van der Waals surface area contributed by atoms with Crippen LogP contribution >= 0.6 is 0 Å². The van der Waals surface area contributed by atoms with E-state index in [1.54, 1.807) is 0 Å². The smallest absolute Gasteiger partial charge is 0.331 e. The van der Waals surface area contributed by atoms with Gasteiger partial charge >= 0.3 is 5.97 Å². The largest absolute Gasteiger partial charge is 0.467 e. The highest BCUT2D eigenvalue weighted by Crippen LogP contribution is 2.09. The van der Waals surface area contributed by atoms with Gasteiger partial charge in [-0.2, -0.15) is 5.10 Å². The molecule has 0 N–H and O–H groups in total. The van der Waals surface area contributed by atoms with Crippen LogP contribution in [0.4, 0.5) is 0 Å². The first kappa shape index (κ1) is 12.5. The second-order valence-electron chi connectivity index (χ2n) is 3.79. The van der Waals surface area contributed by atoms with Gasteiger partial charge in [0.1, 0.15) is 19.2 Å². The van der Waals surface area contributed by atoms with Crippen LogP contribution in [0.15, 0.2) is 12.7 Å². The van der Waals surface area contributed by atoms with E-state index < -0.39 is 12.0 Å². The predicted molar refractivity (Wildman–Crippen MR) is 58.4 cm³/mol. The van der Waals surface area contributed by atoms with Crippen LogP contribution in [0.5, 0.6) is 0 Å². The van der Waals surface area contributed by atoms with E-state index >= 15 is 0 Å². The molecule has 18 heavy (non-hydrogen) atoms. The van der Waals surface area contributed by atoms with Crippen molar-refractivity contribution in [3.63, 3.8) is 0 Å². The molecule has 2 heterocycles. The molecule has 1 unspecified atom stereocenters. The molecule has 8 nitrogen and oxygen atoms in total. The molecule has 1 aromatic rings. The van der Waals surface area contributed by atoms with Gasteiger partial charge in [-0.15, -0.1) is 0 Å². The van der Waals surface area contributed by atoms with Crippen LogP contribution in [0.3, 0.4) is 0 Å². The summed E-state index contributed by atoms with van der Waals surface area (Å²) >= 11 is 0. The van der Waals surface area contributed by atoms with Crippen molar-refractivity contribution >= 4 is 11.9 Å². The Balaban J connectivity index is 2.04. The lowest BCUT2D eigenvalue weighted by Crippen LogP contribution is -2.53. The lowest BCUT2D eigenvalue weighted by molar-refractivity contribution is -0.161. The minimum atomic E-state index is -0.681. The number of ether oxygens (including phenoxy) is 2. The third-order valence-electron chi connectivity index (χ3n) is 2.69. The first-order valence-electron chi connectivity index (χ1n) is 5.50. The van der Waals surface area contributed by atoms with Crippen LogP contribution < -0.4 is 0 Å². The molecular formula is C10H14N4O4. The van der Waals surface area contributed by atoms with Crippen LogP contribution in [-0.2, 0) is 25.6 Å². The Morgan fingerprint density at radius 3 is 3.06 bits per heavy atom. The predicted octanol–water partition coefficient (Wildman–Crippen LogP) is -1.32. The van der Waals surface area contributed by atoms with Gasteiger partial charge in [-0.3, -0.25) is 4.79 Å². The third-order valence-corrected chi connectivity index (χ3v) is 2.69. The Morgan fingerprint density at radius 2 is 2.39 bits per heavy atom. The second-order valence-corrected chi connectivity index (χ2v) is 3.79. The van der Waals surface area contributed by atoms with E-state index in [4.69, 9.17) is 4.74 Å². The Bertz CT molecular complexity index is 420. The van der Waals surface area contributed by atoms with Crippen LogP contribution in [0.1, 0.15) is 0 Å². The van der Waals surface area contributed by atoms with Crippen LogP contribution in [0.25, 0.3) is 0 Å². The Kier molecular flexibility index (Phi) is 3.88. The number of carbonyl (C=O) groups is 2. The van der Waals surface area contributed by atoms with Gasteiger partial charge in [-0.1, -0.05) is 0 Å². The van der Waals surface area contributed by atoms with Gasteiger partial charge in [0.25, 0.3) is 0 Å². The second kappa shape index (κ2) is 5.58. The molecule has 1 fully saturated rings. The highest BCUT2D eigenvalue weighted by atomic mass is 16.5. The van der Waals surface area contributed by atoms with Crippen molar-refractivity contribution in [1.82, 2.24) is 19.7 Å². The molecule has 1 aliphatic heterocycles.